The van der Waals surface area contributed by atoms with Crippen molar-refractivity contribution in [2.24, 2.45) is 0 Å². The molecule has 0 amide bonds. The van der Waals surface area contributed by atoms with E-state index in [1.807, 2.05) is 12.1 Å². The van der Waals surface area contributed by atoms with Crippen LogP contribution in [0.2, 0.25) is 5.02 Å². The summed E-state index contributed by atoms with van der Waals surface area (Å²) in [6.07, 6.45) is 0. The van der Waals surface area contributed by atoms with E-state index in [1.54, 1.807) is 18.2 Å². The highest BCUT2D eigenvalue weighted by molar-refractivity contribution is 7.80. The molecule has 26 heavy (non-hydrogen) atoms. The molecule has 2 rings (SSSR count). The van der Waals surface area contributed by atoms with Crippen LogP contribution in [0, 0.1) is 0 Å². The van der Waals surface area contributed by atoms with E-state index in [4.69, 9.17) is 38.0 Å². The fourth-order valence-corrected chi connectivity index (χ4v) is 2.52. The van der Waals surface area contributed by atoms with Crippen molar-refractivity contribution in [2.75, 3.05) is 26.6 Å². The van der Waals surface area contributed by atoms with E-state index < -0.39 is 5.97 Å². The number of halogens is 1. The second-order valence-corrected chi connectivity index (χ2v) is 6.02. The number of methoxy groups -OCH3 is 3. The Morgan fingerprint density at radius 1 is 1.08 bits per heavy atom. The molecule has 0 radical (unpaired) electrons. The molecule has 138 valence electrons. The Kier molecular flexibility index (Phi) is 7.06. The minimum Gasteiger partial charge on any atom is -0.493 e. The molecule has 0 aromatic heterocycles. The summed E-state index contributed by atoms with van der Waals surface area (Å²) in [6, 6.07) is 10.6. The van der Waals surface area contributed by atoms with E-state index in [0.29, 0.717) is 33.9 Å². The van der Waals surface area contributed by atoms with Crippen molar-refractivity contribution in [3.05, 3.63) is 52.5 Å². The van der Waals surface area contributed by atoms with Gasteiger partial charge in [-0.1, -0.05) is 23.7 Å². The van der Waals surface area contributed by atoms with Crippen molar-refractivity contribution in [1.82, 2.24) is 5.32 Å². The highest BCUT2D eigenvalue weighted by Gasteiger charge is 2.18. The summed E-state index contributed by atoms with van der Waals surface area (Å²) in [5.74, 6) is 0.357. The maximum atomic E-state index is 12.1. The van der Waals surface area contributed by atoms with Crippen molar-refractivity contribution < 1.29 is 19.0 Å². The van der Waals surface area contributed by atoms with Gasteiger partial charge in [0.15, 0.2) is 16.6 Å². The first-order chi connectivity index (χ1) is 12.5. The lowest BCUT2D eigenvalue weighted by Crippen LogP contribution is -2.28. The zero-order valence-electron chi connectivity index (χ0n) is 14.6. The first-order valence-electron chi connectivity index (χ1n) is 7.62. The van der Waals surface area contributed by atoms with Gasteiger partial charge in [0, 0.05) is 23.7 Å². The van der Waals surface area contributed by atoms with E-state index in [0.717, 1.165) is 5.56 Å². The monoisotopic (exact) mass is 394 g/mol. The average molecular weight is 395 g/mol. The van der Waals surface area contributed by atoms with Crippen LogP contribution >= 0.6 is 23.8 Å². The van der Waals surface area contributed by atoms with Crippen LogP contribution in [0.1, 0.15) is 15.9 Å². The van der Waals surface area contributed by atoms with Crippen LogP contribution in [0.15, 0.2) is 36.4 Å². The van der Waals surface area contributed by atoms with Gasteiger partial charge in [0.1, 0.15) is 0 Å². The van der Waals surface area contributed by atoms with Crippen LogP contribution < -0.4 is 20.1 Å². The van der Waals surface area contributed by atoms with E-state index in [-0.39, 0.29) is 5.56 Å². The minimum absolute atomic E-state index is 0.279. The third kappa shape index (κ3) is 5.00. The zero-order chi connectivity index (χ0) is 19.1. The number of carbonyl (C=O) groups excluding carboxylic acids is 1. The van der Waals surface area contributed by atoms with Gasteiger partial charge < -0.3 is 24.8 Å². The molecule has 0 saturated carbocycles. The van der Waals surface area contributed by atoms with Gasteiger partial charge in [-0.2, -0.15) is 0 Å². The molecule has 2 aromatic carbocycles. The van der Waals surface area contributed by atoms with Gasteiger partial charge in [0.25, 0.3) is 0 Å². The van der Waals surface area contributed by atoms with Gasteiger partial charge in [-0.3, -0.25) is 0 Å². The number of hydrogen-bond donors (Lipinski definition) is 2. The van der Waals surface area contributed by atoms with Gasteiger partial charge in [-0.15, -0.1) is 0 Å². The maximum absolute atomic E-state index is 12.1. The van der Waals surface area contributed by atoms with Crippen LogP contribution in [-0.2, 0) is 11.3 Å². The van der Waals surface area contributed by atoms with E-state index >= 15 is 0 Å². The predicted octanol–water partition coefficient (Wildman–Crippen LogP) is 3.63. The molecule has 0 unspecified atom stereocenters. The summed E-state index contributed by atoms with van der Waals surface area (Å²) in [4.78, 5) is 12.1. The second kappa shape index (κ2) is 9.26. The molecule has 2 N–H and O–H groups in total. The number of nitrogens with one attached hydrogen (secondary N) is 2. The summed E-state index contributed by atoms with van der Waals surface area (Å²) in [5.41, 5.74) is 1.74. The summed E-state index contributed by atoms with van der Waals surface area (Å²) < 4.78 is 15.3. The molecule has 0 spiro atoms. The van der Waals surface area contributed by atoms with Crippen LogP contribution in [0.25, 0.3) is 0 Å². The Morgan fingerprint density at radius 3 is 2.27 bits per heavy atom. The lowest BCUT2D eigenvalue weighted by Gasteiger charge is -2.16. The van der Waals surface area contributed by atoms with Crippen LogP contribution in [0.4, 0.5) is 5.69 Å². The molecular weight excluding hydrogens is 376 g/mol. The third-order valence-corrected chi connectivity index (χ3v) is 4.04. The highest BCUT2D eigenvalue weighted by Crippen LogP contribution is 2.33. The van der Waals surface area contributed by atoms with Crippen LogP contribution in [0.3, 0.4) is 0 Å². The van der Waals surface area contributed by atoms with Crippen molar-refractivity contribution >= 4 is 40.6 Å². The molecule has 0 aliphatic carbocycles. The van der Waals surface area contributed by atoms with Crippen molar-refractivity contribution in [1.29, 1.82) is 0 Å². The zero-order valence-corrected chi connectivity index (χ0v) is 16.2. The fraction of sp³-hybridized carbons (Fsp3) is 0.222. The quantitative estimate of drug-likeness (QED) is 0.572. The third-order valence-electron chi connectivity index (χ3n) is 3.54. The molecule has 0 aliphatic heterocycles. The first-order valence-corrected chi connectivity index (χ1v) is 8.40. The van der Waals surface area contributed by atoms with Gasteiger partial charge in [0.2, 0.25) is 0 Å². The Labute approximate surface area is 162 Å². The number of hydrogen-bond acceptors (Lipinski definition) is 5. The predicted molar refractivity (Wildman–Crippen MR) is 105 cm³/mol. The van der Waals surface area contributed by atoms with Crippen molar-refractivity contribution in [3.8, 4) is 11.5 Å². The number of thiocarbonyl (C=S) groups is 1. The second-order valence-electron chi connectivity index (χ2n) is 5.18. The first kappa shape index (κ1) is 19.8. The molecule has 0 atom stereocenters. The number of rotatable bonds is 6. The largest absolute Gasteiger partial charge is 0.493 e. The lowest BCUT2D eigenvalue weighted by atomic mass is 10.1. The van der Waals surface area contributed by atoms with Crippen molar-refractivity contribution in [3.63, 3.8) is 0 Å². The van der Waals surface area contributed by atoms with E-state index in [2.05, 4.69) is 10.6 Å². The fourth-order valence-electron chi connectivity index (χ4n) is 2.21. The number of anilines is 1. The number of carbonyl (C=O) groups is 1. The van der Waals surface area contributed by atoms with Gasteiger partial charge in [0.05, 0.1) is 32.6 Å². The van der Waals surface area contributed by atoms with Crippen LogP contribution in [-0.4, -0.2) is 32.4 Å². The summed E-state index contributed by atoms with van der Waals surface area (Å²) in [5, 5.41) is 7.08. The van der Waals surface area contributed by atoms with Crippen molar-refractivity contribution in [2.45, 2.75) is 6.54 Å². The molecule has 6 nitrogen and oxygen atoms in total. The molecule has 2 aromatic rings. The Hall–Kier alpha value is -2.51. The Morgan fingerprint density at radius 2 is 1.69 bits per heavy atom. The summed E-state index contributed by atoms with van der Waals surface area (Å²) in [6.45, 7) is 0.504. The Balaban J connectivity index is 2.16. The van der Waals surface area contributed by atoms with Gasteiger partial charge in [-0.25, -0.2) is 4.79 Å². The average Bonchev–Trinajstić information content (AvgIpc) is 2.66. The molecule has 0 saturated heterocycles. The normalized spacial score (nSPS) is 10.0. The topological polar surface area (TPSA) is 68.8 Å². The number of esters is 1. The van der Waals surface area contributed by atoms with E-state index in [9.17, 15) is 4.79 Å². The molecule has 0 aliphatic rings. The van der Waals surface area contributed by atoms with Crippen LogP contribution in [0.5, 0.6) is 11.5 Å². The lowest BCUT2D eigenvalue weighted by molar-refractivity contribution is 0.0601. The number of benzene rings is 2. The van der Waals surface area contributed by atoms with Gasteiger partial charge in [-0.05, 0) is 29.9 Å². The minimum atomic E-state index is -0.519. The molecule has 0 heterocycles. The summed E-state index contributed by atoms with van der Waals surface area (Å²) >= 11 is 11.2. The van der Waals surface area contributed by atoms with Gasteiger partial charge >= 0.3 is 5.97 Å². The number of ether oxygens (including phenoxy) is 3. The maximum Gasteiger partial charge on any atom is 0.340 e. The highest BCUT2D eigenvalue weighted by atomic mass is 35.5. The molecule has 8 heteroatoms. The molecule has 0 bridgehead atoms. The Bertz CT molecular complexity index is 797. The summed E-state index contributed by atoms with van der Waals surface area (Å²) in [7, 11) is 4.31. The standard InChI is InChI=1S/C18H19ClN2O4S/c1-23-15-8-13(17(22)25-3)14(9-16(15)24-2)21-18(26)20-10-11-4-6-12(19)7-5-11/h4-9H,10H2,1-3H3,(H2,20,21,26). The molecular formula is C18H19ClN2O4S. The smallest absolute Gasteiger partial charge is 0.340 e. The van der Waals surface area contributed by atoms with E-state index in [1.165, 1.54) is 27.4 Å². The molecule has 0 fully saturated rings. The SMILES string of the molecule is COC(=O)c1cc(OC)c(OC)cc1NC(=S)NCc1ccc(Cl)cc1.